The monoisotopic (exact) mass is 402 g/mol. The quantitative estimate of drug-likeness (QED) is 0.513. The predicted molar refractivity (Wildman–Crippen MR) is 98.1 cm³/mol. The van der Waals surface area contributed by atoms with Gasteiger partial charge in [0.1, 0.15) is 0 Å². The molecule has 0 aliphatic heterocycles. The summed E-state index contributed by atoms with van der Waals surface area (Å²) < 4.78 is 2.25. The third-order valence-electron chi connectivity index (χ3n) is 3.73. The summed E-state index contributed by atoms with van der Waals surface area (Å²) in [5.74, 6) is 0. The van der Waals surface area contributed by atoms with Crippen LogP contribution in [0, 0.1) is 0 Å². The van der Waals surface area contributed by atoms with Gasteiger partial charge in [-0.25, -0.2) is 0 Å². The van der Waals surface area contributed by atoms with E-state index in [1.54, 1.807) is 0 Å². The highest BCUT2D eigenvalue weighted by Crippen LogP contribution is 2.33. The highest BCUT2D eigenvalue weighted by molar-refractivity contribution is 9.10. The lowest BCUT2D eigenvalue weighted by molar-refractivity contribution is 0.935. The lowest BCUT2D eigenvalue weighted by atomic mass is 10.0. The molecule has 21 heavy (non-hydrogen) atoms. The normalized spacial score (nSPS) is 18.6. The van der Waals surface area contributed by atoms with E-state index < -0.39 is 0 Å². The van der Waals surface area contributed by atoms with E-state index in [4.69, 9.17) is 0 Å². The van der Waals surface area contributed by atoms with Gasteiger partial charge in [-0.1, -0.05) is 68.3 Å². The zero-order chi connectivity index (χ0) is 14.7. The molecule has 0 bridgehead atoms. The molecule has 0 nitrogen and oxygen atoms in total. The van der Waals surface area contributed by atoms with Gasteiger partial charge < -0.3 is 0 Å². The second kappa shape index (κ2) is 6.76. The Bertz CT molecular complexity index is 615. The molecule has 0 saturated heterocycles. The molecule has 1 fully saturated rings. The third kappa shape index (κ3) is 3.96. The minimum atomic E-state index is 1.13. The first kappa shape index (κ1) is 14.8. The summed E-state index contributed by atoms with van der Waals surface area (Å²) in [6.45, 7) is 0. The molecule has 106 valence electrons. The average Bonchev–Trinajstić information content (AvgIpc) is 2.91. The smallest absolute Gasteiger partial charge is 0.0175 e. The van der Waals surface area contributed by atoms with Crippen molar-refractivity contribution in [2.75, 3.05) is 0 Å². The van der Waals surface area contributed by atoms with Crippen molar-refractivity contribution in [3.63, 3.8) is 0 Å². The molecule has 0 atom stereocenters. The number of allylic oxidation sites excluding steroid dienone is 2. The van der Waals surface area contributed by atoms with Crippen LogP contribution in [-0.2, 0) is 0 Å². The van der Waals surface area contributed by atoms with E-state index in [1.165, 1.54) is 41.5 Å². The SMILES string of the molecule is Brc1ccc(C=C2CCCC2=Cc2ccc(Br)cc2)cc1. The summed E-state index contributed by atoms with van der Waals surface area (Å²) in [6.07, 6.45) is 8.26. The highest BCUT2D eigenvalue weighted by Gasteiger charge is 2.13. The van der Waals surface area contributed by atoms with Crippen LogP contribution in [0.25, 0.3) is 12.2 Å². The molecule has 0 amide bonds. The maximum atomic E-state index is 3.48. The first-order chi connectivity index (χ1) is 10.2. The minimum absolute atomic E-state index is 1.13. The van der Waals surface area contributed by atoms with Crippen LogP contribution in [0.4, 0.5) is 0 Å². The fraction of sp³-hybridized carbons (Fsp3) is 0.158. The summed E-state index contributed by atoms with van der Waals surface area (Å²) in [7, 11) is 0. The van der Waals surface area contributed by atoms with Crippen LogP contribution in [0.3, 0.4) is 0 Å². The lowest BCUT2D eigenvalue weighted by Gasteiger charge is -2.03. The molecule has 2 aromatic carbocycles. The van der Waals surface area contributed by atoms with Crippen molar-refractivity contribution in [1.29, 1.82) is 0 Å². The number of rotatable bonds is 2. The second-order valence-electron chi connectivity index (χ2n) is 5.30. The van der Waals surface area contributed by atoms with Crippen molar-refractivity contribution in [2.45, 2.75) is 19.3 Å². The molecule has 2 aromatic rings. The van der Waals surface area contributed by atoms with Crippen LogP contribution in [-0.4, -0.2) is 0 Å². The highest BCUT2D eigenvalue weighted by atomic mass is 79.9. The molecule has 0 unspecified atom stereocenters. The molecule has 0 aromatic heterocycles. The van der Waals surface area contributed by atoms with Gasteiger partial charge in [-0.05, 0) is 65.8 Å². The summed E-state index contributed by atoms with van der Waals surface area (Å²) in [4.78, 5) is 0. The Morgan fingerprint density at radius 3 is 1.38 bits per heavy atom. The van der Waals surface area contributed by atoms with Gasteiger partial charge in [0.2, 0.25) is 0 Å². The van der Waals surface area contributed by atoms with Gasteiger partial charge in [-0.2, -0.15) is 0 Å². The molecule has 2 heteroatoms. The number of halogens is 2. The number of hydrogen-bond donors (Lipinski definition) is 0. The van der Waals surface area contributed by atoms with Crippen molar-refractivity contribution in [1.82, 2.24) is 0 Å². The standard InChI is InChI=1S/C19H16Br2/c20-18-8-4-14(5-9-18)12-16-2-1-3-17(16)13-15-6-10-19(21)11-7-15/h4-13H,1-3H2. The van der Waals surface area contributed by atoms with Gasteiger partial charge in [0.05, 0.1) is 0 Å². The molecular weight excluding hydrogens is 388 g/mol. The van der Waals surface area contributed by atoms with Gasteiger partial charge in [-0.15, -0.1) is 0 Å². The fourth-order valence-electron chi connectivity index (χ4n) is 2.64. The number of benzene rings is 2. The van der Waals surface area contributed by atoms with Crippen molar-refractivity contribution >= 4 is 44.0 Å². The molecule has 1 saturated carbocycles. The zero-order valence-electron chi connectivity index (χ0n) is 11.7. The van der Waals surface area contributed by atoms with Crippen molar-refractivity contribution in [3.05, 3.63) is 79.7 Å². The van der Waals surface area contributed by atoms with Gasteiger partial charge in [0, 0.05) is 8.95 Å². The lowest BCUT2D eigenvalue weighted by Crippen LogP contribution is -1.82. The van der Waals surface area contributed by atoms with Gasteiger partial charge in [0.15, 0.2) is 0 Å². The maximum Gasteiger partial charge on any atom is 0.0175 e. The molecule has 0 N–H and O–H groups in total. The molecule has 3 rings (SSSR count). The Kier molecular flexibility index (Phi) is 4.77. The maximum absolute atomic E-state index is 3.48. The largest absolute Gasteiger partial charge is 0.0539 e. The Hall–Kier alpha value is -1.12. The van der Waals surface area contributed by atoms with Crippen LogP contribution in [0.1, 0.15) is 30.4 Å². The van der Waals surface area contributed by atoms with E-state index in [1.807, 2.05) is 0 Å². The van der Waals surface area contributed by atoms with E-state index in [0.717, 1.165) is 8.95 Å². The van der Waals surface area contributed by atoms with Crippen LogP contribution in [0.5, 0.6) is 0 Å². The molecular formula is C19H16Br2. The van der Waals surface area contributed by atoms with Gasteiger partial charge in [0.25, 0.3) is 0 Å². The molecule has 1 aliphatic carbocycles. The second-order valence-corrected chi connectivity index (χ2v) is 7.13. The van der Waals surface area contributed by atoms with E-state index >= 15 is 0 Å². The number of hydrogen-bond acceptors (Lipinski definition) is 0. The fourth-order valence-corrected chi connectivity index (χ4v) is 3.17. The summed E-state index contributed by atoms with van der Waals surface area (Å²) in [5.41, 5.74) is 5.49. The Morgan fingerprint density at radius 1 is 0.619 bits per heavy atom. The summed E-state index contributed by atoms with van der Waals surface area (Å²) >= 11 is 6.97. The minimum Gasteiger partial charge on any atom is -0.0539 e. The molecule has 1 aliphatic rings. The topological polar surface area (TPSA) is 0 Å². The van der Waals surface area contributed by atoms with E-state index in [9.17, 15) is 0 Å². The van der Waals surface area contributed by atoms with E-state index in [2.05, 4.69) is 92.5 Å². The van der Waals surface area contributed by atoms with Crippen LogP contribution < -0.4 is 0 Å². The van der Waals surface area contributed by atoms with Crippen molar-refractivity contribution in [2.24, 2.45) is 0 Å². The van der Waals surface area contributed by atoms with Crippen molar-refractivity contribution in [3.8, 4) is 0 Å². The summed E-state index contributed by atoms with van der Waals surface area (Å²) in [5, 5.41) is 0. The average molecular weight is 404 g/mol. The first-order valence-electron chi connectivity index (χ1n) is 7.13. The Labute approximate surface area is 142 Å². The zero-order valence-corrected chi connectivity index (χ0v) is 14.8. The molecule has 0 radical (unpaired) electrons. The molecule has 0 heterocycles. The van der Waals surface area contributed by atoms with E-state index in [0.29, 0.717) is 0 Å². The van der Waals surface area contributed by atoms with E-state index in [-0.39, 0.29) is 0 Å². The van der Waals surface area contributed by atoms with Gasteiger partial charge >= 0.3 is 0 Å². The summed E-state index contributed by atoms with van der Waals surface area (Å²) in [6, 6.07) is 17.0. The van der Waals surface area contributed by atoms with Crippen LogP contribution in [0.2, 0.25) is 0 Å². The first-order valence-corrected chi connectivity index (χ1v) is 8.72. The van der Waals surface area contributed by atoms with Crippen molar-refractivity contribution < 1.29 is 0 Å². The van der Waals surface area contributed by atoms with Crippen LogP contribution in [0.15, 0.2) is 68.6 Å². The Balaban J connectivity index is 1.88. The molecule has 0 spiro atoms. The van der Waals surface area contributed by atoms with Crippen LogP contribution >= 0.6 is 31.9 Å². The Morgan fingerprint density at radius 2 is 1.00 bits per heavy atom. The third-order valence-corrected chi connectivity index (χ3v) is 4.78. The van der Waals surface area contributed by atoms with Gasteiger partial charge in [-0.3, -0.25) is 0 Å². The predicted octanol–water partition coefficient (Wildman–Crippen LogP) is 6.86.